The lowest BCUT2D eigenvalue weighted by Crippen LogP contribution is -2.33. The first-order valence-electron chi connectivity index (χ1n) is 7.78. The van der Waals surface area contributed by atoms with E-state index in [4.69, 9.17) is 9.84 Å². The van der Waals surface area contributed by atoms with Crippen LogP contribution >= 0.6 is 0 Å². The van der Waals surface area contributed by atoms with Crippen molar-refractivity contribution < 1.29 is 19.7 Å². The lowest BCUT2D eigenvalue weighted by atomic mass is 9.96. The van der Waals surface area contributed by atoms with Crippen molar-refractivity contribution in [2.24, 2.45) is 11.8 Å². The maximum atomic E-state index is 12.6. The molecule has 1 fully saturated rings. The number of carbonyl (C=O) groups excluding carboxylic acids is 1. The predicted octanol–water partition coefficient (Wildman–Crippen LogP) is -0.305. The number of pyridine rings is 1. The molecule has 23 heavy (non-hydrogen) atoms. The van der Waals surface area contributed by atoms with Crippen LogP contribution < -0.4 is 4.74 Å². The number of aromatic nitrogens is 1. The van der Waals surface area contributed by atoms with E-state index in [9.17, 15) is 9.90 Å². The highest BCUT2D eigenvalue weighted by atomic mass is 16.5. The number of carbonyl (C=O) groups is 1. The minimum atomic E-state index is -0.0727. The van der Waals surface area contributed by atoms with Crippen molar-refractivity contribution in [2.75, 3.05) is 53.6 Å². The van der Waals surface area contributed by atoms with Crippen LogP contribution in [0.3, 0.4) is 0 Å². The van der Waals surface area contributed by atoms with Crippen molar-refractivity contribution in [1.82, 2.24) is 14.8 Å². The maximum absolute atomic E-state index is 12.6. The summed E-state index contributed by atoms with van der Waals surface area (Å²) in [6.45, 7) is 2.63. The average Bonchev–Trinajstić information content (AvgIpc) is 2.97. The third-order valence-corrected chi connectivity index (χ3v) is 4.32. The molecule has 0 unspecified atom stereocenters. The summed E-state index contributed by atoms with van der Waals surface area (Å²) in [5.74, 6) is 0.595. The number of hydrogen-bond donors (Lipinski definition) is 2. The number of nitrogens with zero attached hydrogens (tertiary/aromatic N) is 3. The van der Waals surface area contributed by atoms with Crippen LogP contribution in [0.15, 0.2) is 18.3 Å². The minimum absolute atomic E-state index is 0.0566. The maximum Gasteiger partial charge on any atom is 0.254 e. The second-order valence-corrected chi connectivity index (χ2v) is 5.99. The zero-order valence-corrected chi connectivity index (χ0v) is 13.7. The molecule has 1 aromatic heterocycles. The van der Waals surface area contributed by atoms with E-state index >= 15 is 0 Å². The van der Waals surface area contributed by atoms with Gasteiger partial charge in [-0.1, -0.05) is 0 Å². The number of rotatable bonds is 7. The molecule has 0 aliphatic carbocycles. The van der Waals surface area contributed by atoms with Gasteiger partial charge in [0.05, 0.1) is 13.7 Å². The quantitative estimate of drug-likeness (QED) is 0.716. The van der Waals surface area contributed by atoms with Crippen LogP contribution in [0.2, 0.25) is 0 Å². The second-order valence-electron chi connectivity index (χ2n) is 5.99. The smallest absolute Gasteiger partial charge is 0.254 e. The number of likely N-dealkylation sites (tertiary alicyclic amines) is 1. The molecule has 0 aromatic carbocycles. The Kier molecular flexibility index (Phi) is 6.32. The molecule has 128 valence electrons. The van der Waals surface area contributed by atoms with E-state index in [2.05, 4.69) is 4.98 Å². The fourth-order valence-corrected chi connectivity index (χ4v) is 3.02. The zero-order valence-electron chi connectivity index (χ0n) is 13.7. The Morgan fingerprint density at radius 3 is 2.83 bits per heavy atom. The molecular weight excluding hydrogens is 298 g/mol. The molecule has 1 aliphatic heterocycles. The van der Waals surface area contributed by atoms with Gasteiger partial charge in [-0.25, -0.2) is 4.98 Å². The van der Waals surface area contributed by atoms with Gasteiger partial charge in [-0.05, 0) is 19.0 Å². The van der Waals surface area contributed by atoms with E-state index in [1.54, 1.807) is 23.2 Å². The summed E-state index contributed by atoms with van der Waals surface area (Å²) < 4.78 is 5.06. The zero-order chi connectivity index (χ0) is 16.8. The van der Waals surface area contributed by atoms with Gasteiger partial charge in [0.2, 0.25) is 5.88 Å². The molecular formula is C16H25N3O4. The molecule has 2 N–H and O–H groups in total. The lowest BCUT2D eigenvalue weighted by Gasteiger charge is -2.23. The Morgan fingerprint density at radius 1 is 1.43 bits per heavy atom. The number of aliphatic hydroxyl groups excluding tert-OH is 2. The highest BCUT2D eigenvalue weighted by Gasteiger charge is 2.35. The third-order valence-electron chi connectivity index (χ3n) is 4.32. The van der Waals surface area contributed by atoms with E-state index < -0.39 is 0 Å². The van der Waals surface area contributed by atoms with Gasteiger partial charge in [0, 0.05) is 56.5 Å². The Labute approximate surface area is 136 Å². The van der Waals surface area contributed by atoms with E-state index in [1.165, 1.54) is 7.11 Å². The molecule has 0 radical (unpaired) electrons. The molecule has 0 saturated carbocycles. The van der Waals surface area contributed by atoms with Gasteiger partial charge in [-0.2, -0.15) is 0 Å². The molecule has 0 bridgehead atoms. The van der Waals surface area contributed by atoms with Crippen LogP contribution in [0.25, 0.3) is 0 Å². The van der Waals surface area contributed by atoms with Gasteiger partial charge in [0.1, 0.15) is 0 Å². The van der Waals surface area contributed by atoms with Crippen LogP contribution in [-0.2, 0) is 0 Å². The number of ether oxygens (including phenoxy) is 1. The lowest BCUT2D eigenvalue weighted by molar-refractivity contribution is 0.0778. The molecule has 1 aromatic rings. The summed E-state index contributed by atoms with van der Waals surface area (Å²) in [4.78, 5) is 20.4. The summed E-state index contributed by atoms with van der Waals surface area (Å²) >= 11 is 0. The van der Waals surface area contributed by atoms with Crippen LogP contribution in [0, 0.1) is 11.8 Å². The number of amides is 1. The first kappa shape index (κ1) is 17.7. The molecule has 2 heterocycles. The van der Waals surface area contributed by atoms with Crippen LogP contribution in [0.4, 0.5) is 0 Å². The predicted molar refractivity (Wildman–Crippen MR) is 85.3 cm³/mol. The Bertz CT molecular complexity index is 526. The standard InChI is InChI=1S/C16H25N3O4/c1-18(5-6-20)8-13-9-19(10-14(13)11-21)16(22)12-3-4-17-15(7-12)23-2/h3-4,7,13-14,20-21H,5-6,8-11H2,1-2H3/t13-,14-/m1/s1. The average molecular weight is 323 g/mol. The van der Waals surface area contributed by atoms with Crippen LogP contribution in [0.1, 0.15) is 10.4 Å². The van der Waals surface area contributed by atoms with E-state index in [0.29, 0.717) is 31.1 Å². The summed E-state index contributed by atoms with van der Waals surface area (Å²) in [5, 5.41) is 18.6. The first-order chi connectivity index (χ1) is 11.1. The number of aliphatic hydroxyl groups is 2. The topological polar surface area (TPSA) is 86.1 Å². The van der Waals surface area contributed by atoms with Gasteiger partial charge >= 0.3 is 0 Å². The number of hydrogen-bond acceptors (Lipinski definition) is 6. The molecule has 1 saturated heterocycles. The van der Waals surface area contributed by atoms with E-state index in [1.807, 2.05) is 11.9 Å². The molecule has 2 rings (SSSR count). The SMILES string of the molecule is COc1cc(C(=O)N2C[C@@H](CN(C)CCO)[C@@H](CO)C2)ccn1. The van der Waals surface area contributed by atoms with Crippen molar-refractivity contribution in [3.05, 3.63) is 23.9 Å². The van der Waals surface area contributed by atoms with E-state index in [-0.39, 0.29) is 31.0 Å². The first-order valence-corrected chi connectivity index (χ1v) is 7.78. The Hall–Kier alpha value is -1.70. The molecule has 1 aliphatic rings. The van der Waals surface area contributed by atoms with Crippen molar-refractivity contribution >= 4 is 5.91 Å². The summed E-state index contributed by atoms with van der Waals surface area (Å²) in [5.41, 5.74) is 0.540. The molecule has 7 nitrogen and oxygen atoms in total. The molecule has 1 amide bonds. The van der Waals surface area contributed by atoms with Gasteiger partial charge < -0.3 is 24.7 Å². The van der Waals surface area contributed by atoms with Gasteiger partial charge in [0.15, 0.2) is 0 Å². The van der Waals surface area contributed by atoms with Gasteiger partial charge in [0.25, 0.3) is 5.91 Å². The molecule has 7 heteroatoms. The normalized spacial score (nSPS) is 21.0. The Morgan fingerprint density at radius 2 is 2.17 bits per heavy atom. The van der Waals surface area contributed by atoms with Crippen molar-refractivity contribution in [3.63, 3.8) is 0 Å². The molecule has 0 spiro atoms. The van der Waals surface area contributed by atoms with Gasteiger partial charge in [-0.15, -0.1) is 0 Å². The highest BCUT2D eigenvalue weighted by molar-refractivity contribution is 5.94. The third kappa shape index (κ3) is 4.40. The van der Waals surface area contributed by atoms with E-state index in [0.717, 1.165) is 6.54 Å². The van der Waals surface area contributed by atoms with Crippen molar-refractivity contribution in [3.8, 4) is 5.88 Å². The summed E-state index contributed by atoms with van der Waals surface area (Å²) in [6, 6.07) is 3.30. The number of likely N-dealkylation sites (N-methyl/N-ethyl adjacent to an activating group) is 1. The van der Waals surface area contributed by atoms with Crippen LogP contribution in [-0.4, -0.2) is 84.5 Å². The largest absolute Gasteiger partial charge is 0.481 e. The number of methoxy groups -OCH3 is 1. The Balaban J connectivity index is 2.04. The van der Waals surface area contributed by atoms with Gasteiger partial charge in [-0.3, -0.25) is 4.79 Å². The fraction of sp³-hybridized carbons (Fsp3) is 0.625. The monoisotopic (exact) mass is 323 g/mol. The second kappa shape index (κ2) is 8.24. The highest BCUT2D eigenvalue weighted by Crippen LogP contribution is 2.25. The fourth-order valence-electron chi connectivity index (χ4n) is 3.02. The summed E-state index contributed by atoms with van der Waals surface area (Å²) in [7, 11) is 3.45. The van der Waals surface area contributed by atoms with Crippen molar-refractivity contribution in [2.45, 2.75) is 0 Å². The minimum Gasteiger partial charge on any atom is -0.481 e. The summed E-state index contributed by atoms with van der Waals surface area (Å²) in [6.07, 6.45) is 1.55. The molecule has 2 atom stereocenters. The van der Waals surface area contributed by atoms with Crippen molar-refractivity contribution in [1.29, 1.82) is 0 Å². The van der Waals surface area contributed by atoms with Crippen LogP contribution in [0.5, 0.6) is 5.88 Å².